The Kier molecular flexibility index (Phi) is 6.57. The number of benzene rings is 1. The number of nitrogens with zero attached hydrogens (tertiary/aromatic N) is 3. The molecule has 5 heteroatoms. The number of hydrogen-bond acceptors (Lipinski definition) is 4. The van der Waals surface area contributed by atoms with Crippen molar-refractivity contribution in [1.29, 1.82) is 0 Å². The predicted octanol–water partition coefficient (Wildman–Crippen LogP) is 3.00. The van der Waals surface area contributed by atoms with E-state index < -0.39 is 0 Å². The average molecular weight is 400 g/mol. The molecule has 0 aliphatic carbocycles. The first-order valence-corrected chi connectivity index (χ1v) is 11.4. The van der Waals surface area contributed by atoms with Crippen molar-refractivity contribution in [3.63, 3.8) is 0 Å². The van der Waals surface area contributed by atoms with E-state index in [0.717, 1.165) is 45.2 Å². The van der Waals surface area contributed by atoms with Gasteiger partial charge in [-0.2, -0.15) is 0 Å². The summed E-state index contributed by atoms with van der Waals surface area (Å²) < 4.78 is 5.89. The van der Waals surface area contributed by atoms with Crippen LogP contribution in [0.25, 0.3) is 0 Å². The van der Waals surface area contributed by atoms with Crippen molar-refractivity contribution in [3.05, 3.63) is 35.9 Å². The second-order valence-electron chi connectivity index (χ2n) is 9.65. The van der Waals surface area contributed by atoms with Crippen molar-refractivity contribution in [1.82, 2.24) is 14.7 Å². The monoisotopic (exact) mass is 399 g/mol. The molecule has 3 aliphatic rings. The maximum absolute atomic E-state index is 13.1. The molecule has 29 heavy (non-hydrogen) atoms. The number of carbonyl (C=O) groups excluding carboxylic acids is 1. The molecule has 1 spiro atoms. The quantitative estimate of drug-likeness (QED) is 0.737. The summed E-state index contributed by atoms with van der Waals surface area (Å²) in [7, 11) is 0. The van der Waals surface area contributed by atoms with Gasteiger partial charge in [-0.25, -0.2) is 0 Å². The summed E-state index contributed by atoms with van der Waals surface area (Å²) in [4.78, 5) is 20.3. The molecule has 0 aromatic heterocycles. The van der Waals surface area contributed by atoms with Crippen LogP contribution in [0.3, 0.4) is 0 Å². The van der Waals surface area contributed by atoms with Gasteiger partial charge in [0.15, 0.2) is 0 Å². The summed E-state index contributed by atoms with van der Waals surface area (Å²) in [6.45, 7) is 11.8. The maximum atomic E-state index is 13.1. The average Bonchev–Trinajstić information content (AvgIpc) is 3.19. The van der Waals surface area contributed by atoms with Gasteiger partial charge in [-0.3, -0.25) is 9.69 Å². The number of rotatable bonds is 6. The van der Waals surface area contributed by atoms with Gasteiger partial charge >= 0.3 is 0 Å². The molecule has 0 radical (unpaired) electrons. The first-order chi connectivity index (χ1) is 14.1. The SMILES string of the molecule is CC(C)CCN1CCC(N2CC(=O)N(Cc3ccccc3)CC23CCOC3)CC1. The molecular weight excluding hydrogens is 362 g/mol. The van der Waals surface area contributed by atoms with Crippen molar-refractivity contribution < 1.29 is 9.53 Å². The molecule has 3 fully saturated rings. The molecule has 5 nitrogen and oxygen atoms in total. The number of ether oxygens (including phenoxy) is 1. The van der Waals surface area contributed by atoms with Crippen LogP contribution in [0.1, 0.15) is 45.1 Å². The minimum Gasteiger partial charge on any atom is -0.379 e. The number of likely N-dealkylation sites (tertiary alicyclic amines) is 1. The van der Waals surface area contributed by atoms with E-state index in [-0.39, 0.29) is 11.4 Å². The highest BCUT2D eigenvalue weighted by Crippen LogP contribution is 2.35. The second-order valence-corrected chi connectivity index (χ2v) is 9.65. The van der Waals surface area contributed by atoms with Crippen molar-refractivity contribution in [2.45, 2.75) is 57.7 Å². The summed E-state index contributed by atoms with van der Waals surface area (Å²) in [6.07, 6.45) is 4.66. The highest BCUT2D eigenvalue weighted by molar-refractivity contribution is 5.79. The zero-order valence-electron chi connectivity index (χ0n) is 18.2. The van der Waals surface area contributed by atoms with Crippen LogP contribution in [0.5, 0.6) is 0 Å². The molecule has 0 saturated carbocycles. The van der Waals surface area contributed by atoms with Crippen LogP contribution in [0, 0.1) is 5.92 Å². The molecule has 1 unspecified atom stereocenters. The first-order valence-electron chi connectivity index (χ1n) is 11.4. The van der Waals surface area contributed by atoms with E-state index in [9.17, 15) is 4.79 Å². The molecule has 3 heterocycles. The molecule has 1 amide bonds. The Labute approximate surface area is 176 Å². The van der Waals surface area contributed by atoms with Crippen LogP contribution in [0.2, 0.25) is 0 Å². The molecule has 1 aromatic rings. The Bertz CT molecular complexity index is 664. The van der Waals surface area contributed by atoms with Crippen molar-refractivity contribution in [2.75, 3.05) is 45.9 Å². The van der Waals surface area contributed by atoms with E-state index in [2.05, 4.69) is 52.8 Å². The van der Waals surface area contributed by atoms with Crippen LogP contribution < -0.4 is 0 Å². The van der Waals surface area contributed by atoms with Gasteiger partial charge in [-0.15, -0.1) is 0 Å². The van der Waals surface area contributed by atoms with Gasteiger partial charge < -0.3 is 14.5 Å². The van der Waals surface area contributed by atoms with Crippen LogP contribution in [-0.2, 0) is 16.1 Å². The summed E-state index contributed by atoms with van der Waals surface area (Å²) in [6, 6.07) is 10.9. The largest absolute Gasteiger partial charge is 0.379 e. The Morgan fingerprint density at radius 2 is 1.93 bits per heavy atom. The Balaban J connectivity index is 1.41. The fourth-order valence-corrected chi connectivity index (χ4v) is 5.26. The molecule has 160 valence electrons. The van der Waals surface area contributed by atoms with Crippen molar-refractivity contribution in [3.8, 4) is 0 Å². The lowest BCUT2D eigenvalue weighted by atomic mass is 9.87. The standard InChI is InChI=1S/C24H37N3O2/c1-20(2)8-12-25-13-9-22(10-14-25)27-17-23(28)26(16-21-6-4-3-5-7-21)18-24(27)11-15-29-19-24/h3-7,20,22H,8-19H2,1-2H3. The van der Waals surface area contributed by atoms with Crippen LogP contribution in [-0.4, -0.2) is 78.1 Å². The first kappa shape index (κ1) is 20.8. The molecule has 0 bridgehead atoms. The number of hydrogen-bond donors (Lipinski definition) is 0. The molecule has 3 saturated heterocycles. The number of piperidine rings is 1. The lowest BCUT2D eigenvalue weighted by Crippen LogP contribution is -2.68. The predicted molar refractivity (Wildman–Crippen MR) is 116 cm³/mol. The fourth-order valence-electron chi connectivity index (χ4n) is 5.26. The van der Waals surface area contributed by atoms with Gasteiger partial charge in [-0.1, -0.05) is 44.2 Å². The normalized spacial score (nSPS) is 27.4. The topological polar surface area (TPSA) is 36.0 Å². The van der Waals surface area contributed by atoms with E-state index in [1.165, 1.54) is 31.4 Å². The zero-order valence-corrected chi connectivity index (χ0v) is 18.2. The van der Waals surface area contributed by atoms with Gasteiger partial charge in [0, 0.05) is 25.7 Å². The Morgan fingerprint density at radius 3 is 2.59 bits per heavy atom. The molecule has 1 aromatic carbocycles. The highest BCUT2D eigenvalue weighted by Gasteiger charge is 2.49. The molecule has 4 rings (SSSR count). The summed E-state index contributed by atoms with van der Waals surface area (Å²) in [5.74, 6) is 1.04. The van der Waals surface area contributed by atoms with Crippen molar-refractivity contribution >= 4 is 5.91 Å². The number of amides is 1. The van der Waals surface area contributed by atoms with Crippen LogP contribution >= 0.6 is 0 Å². The molecule has 1 atom stereocenters. The van der Waals surface area contributed by atoms with Gasteiger partial charge in [0.25, 0.3) is 0 Å². The van der Waals surface area contributed by atoms with E-state index in [1.807, 2.05) is 6.07 Å². The highest BCUT2D eigenvalue weighted by atomic mass is 16.5. The number of carbonyl (C=O) groups is 1. The van der Waals surface area contributed by atoms with E-state index >= 15 is 0 Å². The lowest BCUT2D eigenvalue weighted by molar-refractivity contribution is -0.148. The zero-order chi connectivity index (χ0) is 20.3. The summed E-state index contributed by atoms with van der Waals surface area (Å²) in [5.41, 5.74) is 1.22. The van der Waals surface area contributed by atoms with E-state index in [1.54, 1.807) is 0 Å². The van der Waals surface area contributed by atoms with Crippen LogP contribution in [0.15, 0.2) is 30.3 Å². The van der Waals surface area contributed by atoms with Gasteiger partial charge in [0.05, 0.1) is 18.7 Å². The van der Waals surface area contributed by atoms with E-state index in [4.69, 9.17) is 4.74 Å². The third-order valence-electron chi connectivity index (χ3n) is 7.07. The summed E-state index contributed by atoms with van der Waals surface area (Å²) >= 11 is 0. The fraction of sp³-hybridized carbons (Fsp3) is 0.708. The third-order valence-corrected chi connectivity index (χ3v) is 7.07. The van der Waals surface area contributed by atoms with Crippen LogP contribution in [0.4, 0.5) is 0 Å². The molecule has 3 aliphatic heterocycles. The molecule has 0 N–H and O–H groups in total. The smallest absolute Gasteiger partial charge is 0.237 e. The minimum atomic E-state index is 0.00740. The minimum absolute atomic E-state index is 0.00740. The summed E-state index contributed by atoms with van der Waals surface area (Å²) in [5, 5.41) is 0. The van der Waals surface area contributed by atoms with Crippen molar-refractivity contribution in [2.24, 2.45) is 5.92 Å². The molecular formula is C24H37N3O2. The van der Waals surface area contributed by atoms with E-state index in [0.29, 0.717) is 19.1 Å². The Morgan fingerprint density at radius 1 is 1.17 bits per heavy atom. The van der Waals surface area contributed by atoms with Gasteiger partial charge in [0.1, 0.15) is 0 Å². The van der Waals surface area contributed by atoms with Gasteiger partial charge in [0.2, 0.25) is 5.91 Å². The Hall–Kier alpha value is -1.43. The second kappa shape index (κ2) is 9.15. The van der Waals surface area contributed by atoms with Gasteiger partial charge in [-0.05, 0) is 56.8 Å². The lowest BCUT2D eigenvalue weighted by Gasteiger charge is -2.52. The third kappa shape index (κ3) is 4.84. The number of piperazine rings is 1. The maximum Gasteiger partial charge on any atom is 0.237 e.